The van der Waals surface area contributed by atoms with Crippen LogP contribution in [0.15, 0.2) is 23.2 Å². The Balaban J connectivity index is 1.39. The number of fused-ring (bicyclic) bond motifs is 1. The lowest BCUT2D eigenvalue weighted by atomic mass is 10.1. The molecule has 0 radical (unpaired) electrons. The standard InChI is InChI=1S/C19H28F2N4O/c1-22-19(24-16-5-9-25(10-6-16)13-18(20)21)23-8-4-14-2-3-17-15(12-14)7-11-26-17/h2-3,12,16,18H,4-11,13H2,1H3,(H2,22,23,24). The van der Waals surface area contributed by atoms with Gasteiger partial charge in [-0.2, -0.15) is 0 Å². The molecule has 5 nitrogen and oxygen atoms in total. The van der Waals surface area contributed by atoms with E-state index in [1.165, 1.54) is 11.1 Å². The van der Waals surface area contributed by atoms with Crippen LogP contribution in [0.1, 0.15) is 24.0 Å². The van der Waals surface area contributed by atoms with Crippen molar-refractivity contribution in [2.24, 2.45) is 4.99 Å². The first-order chi connectivity index (χ1) is 12.6. The van der Waals surface area contributed by atoms with Gasteiger partial charge in [-0.25, -0.2) is 8.78 Å². The Morgan fingerprint density at radius 2 is 2.15 bits per heavy atom. The lowest BCUT2D eigenvalue weighted by Crippen LogP contribution is -2.49. The van der Waals surface area contributed by atoms with Crippen LogP contribution in [0.2, 0.25) is 0 Å². The number of nitrogens with zero attached hydrogens (tertiary/aromatic N) is 2. The number of alkyl halides is 2. The van der Waals surface area contributed by atoms with Crippen molar-refractivity contribution in [3.05, 3.63) is 29.3 Å². The Labute approximate surface area is 153 Å². The van der Waals surface area contributed by atoms with Crippen molar-refractivity contribution in [3.8, 4) is 5.75 Å². The highest BCUT2D eigenvalue weighted by molar-refractivity contribution is 5.79. The van der Waals surface area contributed by atoms with Crippen LogP contribution >= 0.6 is 0 Å². The predicted molar refractivity (Wildman–Crippen MR) is 99.3 cm³/mol. The zero-order valence-corrected chi connectivity index (χ0v) is 15.3. The molecule has 0 unspecified atom stereocenters. The van der Waals surface area contributed by atoms with Crippen LogP contribution in [-0.2, 0) is 12.8 Å². The van der Waals surface area contributed by atoms with E-state index in [9.17, 15) is 8.78 Å². The van der Waals surface area contributed by atoms with Crippen LogP contribution in [0.4, 0.5) is 8.78 Å². The van der Waals surface area contributed by atoms with Crippen molar-refractivity contribution < 1.29 is 13.5 Å². The third kappa shape index (κ3) is 5.30. The number of rotatable bonds is 6. The molecule has 3 rings (SSSR count). The fraction of sp³-hybridized carbons (Fsp3) is 0.632. The topological polar surface area (TPSA) is 48.9 Å². The van der Waals surface area contributed by atoms with Crippen LogP contribution < -0.4 is 15.4 Å². The smallest absolute Gasteiger partial charge is 0.251 e. The van der Waals surface area contributed by atoms with Gasteiger partial charge >= 0.3 is 0 Å². The maximum absolute atomic E-state index is 12.4. The van der Waals surface area contributed by atoms with E-state index in [0.29, 0.717) is 13.1 Å². The largest absolute Gasteiger partial charge is 0.493 e. The molecule has 0 aliphatic carbocycles. The molecule has 1 aromatic carbocycles. The molecule has 0 amide bonds. The van der Waals surface area contributed by atoms with Gasteiger partial charge in [0.2, 0.25) is 0 Å². The number of likely N-dealkylation sites (tertiary alicyclic amines) is 1. The van der Waals surface area contributed by atoms with Crippen LogP contribution in [0.3, 0.4) is 0 Å². The van der Waals surface area contributed by atoms with Crippen molar-refractivity contribution in [1.29, 1.82) is 0 Å². The first-order valence-corrected chi connectivity index (χ1v) is 9.36. The highest BCUT2D eigenvalue weighted by Crippen LogP contribution is 2.25. The first kappa shape index (κ1) is 18.9. The number of piperidine rings is 1. The van der Waals surface area contributed by atoms with Crippen LogP contribution in [0.25, 0.3) is 0 Å². The van der Waals surface area contributed by atoms with E-state index in [1.54, 1.807) is 7.05 Å². The summed E-state index contributed by atoms with van der Waals surface area (Å²) < 4.78 is 30.4. The normalized spacial score (nSPS) is 18.7. The number of benzene rings is 1. The van der Waals surface area contributed by atoms with E-state index in [0.717, 1.165) is 50.5 Å². The molecule has 7 heteroatoms. The molecule has 0 atom stereocenters. The van der Waals surface area contributed by atoms with Crippen molar-refractivity contribution in [3.63, 3.8) is 0 Å². The third-order valence-electron chi connectivity index (χ3n) is 5.01. The second-order valence-corrected chi connectivity index (χ2v) is 6.90. The SMILES string of the molecule is CN=C(NCCc1ccc2c(c1)CCO2)NC1CCN(CC(F)F)CC1. The first-order valence-electron chi connectivity index (χ1n) is 9.36. The summed E-state index contributed by atoms with van der Waals surface area (Å²) in [5.74, 6) is 1.79. The third-order valence-corrected chi connectivity index (χ3v) is 5.01. The highest BCUT2D eigenvalue weighted by atomic mass is 19.3. The molecule has 1 aromatic rings. The number of hydrogen-bond donors (Lipinski definition) is 2. The Bertz CT molecular complexity index is 616. The van der Waals surface area contributed by atoms with E-state index < -0.39 is 6.43 Å². The fourth-order valence-corrected chi connectivity index (χ4v) is 3.56. The van der Waals surface area contributed by atoms with Gasteiger partial charge in [0.05, 0.1) is 13.2 Å². The van der Waals surface area contributed by atoms with E-state index in [2.05, 4.69) is 33.8 Å². The number of aliphatic imine (C=N–C) groups is 1. The average molecular weight is 366 g/mol. The predicted octanol–water partition coefficient (Wildman–Crippen LogP) is 2.06. The molecule has 144 valence electrons. The minimum Gasteiger partial charge on any atom is -0.493 e. The number of halogens is 2. The molecule has 0 spiro atoms. The molecule has 1 saturated heterocycles. The summed E-state index contributed by atoms with van der Waals surface area (Å²) in [6.07, 6.45) is 1.38. The second-order valence-electron chi connectivity index (χ2n) is 6.90. The molecular weight excluding hydrogens is 338 g/mol. The average Bonchev–Trinajstić information content (AvgIpc) is 3.09. The molecule has 0 saturated carbocycles. The Morgan fingerprint density at radius 3 is 2.88 bits per heavy atom. The zero-order valence-electron chi connectivity index (χ0n) is 15.3. The van der Waals surface area contributed by atoms with Crippen molar-refractivity contribution in [2.75, 3.05) is 39.8 Å². The summed E-state index contributed by atoms with van der Waals surface area (Å²) in [4.78, 5) is 6.11. The molecule has 26 heavy (non-hydrogen) atoms. The minimum absolute atomic E-state index is 0.120. The summed E-state index contributed by atoms with van der Waals surface area (Å²) in [6, 6.07) is 6.67. The summed E-state index contributed by atoms with van der Waals surface area (Å²) in [7, 11) is 1.76. The summed E-state index contributed by atoms with van der Waals surface area (Å²) in [5.41, 5.74) is 2.58. The number of guanidine groups is 1. The second kappa shape index (κ2) is 9.16. The van der Waals surface area contributed by atoms with Crippen LogP contribution in [-0.4, -0.2) is 63.2 Å². The Morgan fingerprint density at radius 1 is 1.35 bits per heavy atom. The van der Waals surface area contributed by atoms with Gasteiger partial charge in [-0.1, -0.05) is 12.1 Å². The quantitative estimate of drug-likeness (QED) is 0.598. The van der Waals surface area contributed by atoms with Crippen molar-refractivity contribution in [2.45, 2.75) is 38.2 Å². The molecule has 2 N–H and O–H groups in total. The molecular formula is C19H28F2N4O. The molecule has 2 aliphatic rings. The fourth-order valence-electron chi connectivity index (χ4n) is 3.56. The van der Waals surface area contributed by atoms with Crippen molar-refractivity contribution >= 4 is 5.96 Å². The van der Waals surface area contributed by atoms with Gasteiger partial charge in [-0.3, -0.25) is 9.89 Å². The van der Waals surface area contributed by atoms with E-state index in [-0.39, 0.29) is 12.6 Å². The number of nitrogens with one attached hydrogen (secondary N) is 2. The zero-order chi connectivity index (χ0) is 18.4. The molecule has 0 aromatic heterocycles. The Hall–Kier alpha value is -1.89. The minimum atomic E-state index is -2.25. The maximum Gasteiger partial charge on any atom is 0.251 e. The Kier molecular flexibility index (Phi) is 6.66. The van der Waals surface area contributed by atoms with E-state index >= 15 is 0 Å². The van der Waals surface area contributed by atoms with Crippen LogP contribution in [0, 0.1) is 0 Å². The van der Waals surface area contributed by atoms with Gasteiger partial charge in [-0.05, 0) is 36.5 Å². The molecule has 2 heterocycles. The monoisotopic (exact) mass is 366 g/mol. The van der Waals surface area contributed by atoms with Crippen LogP contribution in [0.5, 0.6) is 5.75 Å². The summed E-state index contributed by atoms with van der Waals surface area (Å²) in [5, 5.41) is 6.76. The summed E-state index contributed by atoms with van der Waals surface area (Å²) >= 11 is 0. The van der Waals surface area contributed by atoms with E-state index in [1.807, 2.05) is 4.90 Å². The maximum atomic E-state index is 12.4. The molecule has 0 bridgehead atoms. The van der Waals surface area contributed by atoms with Gasteiger partial charge in [0.1, 0.15) is 5.75 Å². The highest BCUT2D eigenvalue weighted by Gasteiger charge is 2.21. The lowest BCUT2D eigenvalue weighted by molar-refractivity contribution is 0.0744. The lowest BCUT2D eigenvalue weighted by Gasteiger charge is -2.32. The van der Waals surface area contributed by atoms with Crippen molar-refractivity contribution in [1.82, 2.24) is 15.5 Å². The van der Waals surface area contributed by atoms with Gasteiger partial charge < -0.3 is 15.4 Å². The van der Waals surface area contributed by atoms with Gasteiger partial charge in [-0.15, -0.1) is 0 Å². The molecule has 1 fully saturated rings. The molecule has 2 aliphatic heterocycles. The number of ether oxygens (including phenoxy) is 1. The van der Waals surface area contributed by atoms with E-state index in [4.69, 9.17) is 4.74 Å². The van der Waals surface area contributed by atoms with Gasteiger partial charge in [0.25, 0.3) is 6.43 Å². The van der Waals surface area contributed by atoms with Gasteiger partial charge in [0.15, 0.2) is 5.96 Å². The van der Waals surface area contributed by atoms with Gasteiger partial charge in [0, 0.05) is 39.1 Å². The summed E-state index contributed by atoms with van der Waals surface area (Å²) in [6.45, 7) is 2.87. The number of hydrogen-bond acceptors (Lipinski definition) is 3.